The van der Waals surface area contributed by atoms with Gasteiger partial charge in [-0.15, -0.1) is 0 Å². The van der Waals surface area contributed by atoms with Gasteiger partial charge in [0.15, 0.2) is 0 Å². The molecule has 7 rings (SSSR count). The Labute approximate surface area is 127 Å². The van der Waals surface area contributed by atoms with Crippen molar-refractivity contribution in [1.29, 1.82) is 0 Å². The summed E-state index contributed by atoms with van der Waals surface area (Å²) < 4.78 is 18.1. The van der Waals surface area contributed by atoms with Crippen molar-refractivity contribution >= 4 is 5.78 Å². The maximum absolute atomic E-state index is 12.6. The Morgan fingerprint density at radius 2 is 1.86 bits per heavy atom. The van der Waals surface area contributed by atoms with Crippen molar-refractivity contribution in [3.63, 3.8) is 0 Å². The van der Waals surface area contributed by atoms with Crippen molar-refractivity contribution < 1.29 is 29.2 Å². The molecule has 0 amide bonds. The zero-order chi connectivity index (χ0) is 14.9. The van der Waals surface area contributed by atoms with Crippen LogP contribution >= 0.6 is 0 Å². The average Bonchev–Trinajstić information content (AvgIpc) is 3.11. The lowest BCUT2D eigenvalue weighted by Crippen LogP contribution is -2.74. The highest BCUT2D eigenvalue weighted by Crippen LogP contribution is 2.70. The van der Waals surface area contributed by atoms with E-state index in [1.54, 1.807) is 0 Å². The second-order valence-electron chi connectivity index (χ2n) is 8.11. The SMILES string of the molecule is O=C1C[C@@H]2[C@H]3[C@H]4O[C@@]25CCO[C@H]5[C@@H]1[C@]3(O)C[C@H]1OCC[C@@]41O. The molecule has 0 aromatic heterocycles. The number of carbonyl (C=O) groups excluding carboxylic acids is 1. The average molecular weight is 308 g/mol. The van der Waals surface area contributed by atoms with Gasteiger partial charge in [-0.3, -0.25) is 4.79 Å². The van der Waals surface area contributed by atoms with Crippen LogP contribution in [0.3, 0.4) is 0 Å². The van der Waals surface area contributed by atoms with E-state index in [4.69, 9.17) is 14.2 Å². The highest BCUT2D eigenvalue weighted by Gasteiger charge is 2.83. The summed E-state index contributed by atoms with van der Waals surface area (Å²) >= 11 is 0. The molecule has 9 atom stereocenters. The largest absolute Gasteiger partial charge is 0.389 e. The van der Waals surface area contributed by atoms with E-state index in [1.807, 2.05) is 0 Å². The summed E-state index contributed by atoms with van der Waals surface area (Å²) in [5.41, 5.74) is -2.66. The van der Waals surface area contributed by atoms with Crippen molar-refractivity contribution in [2.45, 2.75) is 60.8 Å². The molecule has 0 unspecified atom stereocenters. The minimum atomic E-state index is -1.15. The van der Waals surface area contributed by atoms with E-state index in [2.05, 4.69) is 0 Å². The molecule has 3 aliphatic heterocycles. The standard InChI is InChI=1S/C16H20O6/c17-8-5-7-10-12-14(18)1-3-20-9(14)6-15(10,19)11(8)13-16(7,22-12)2-4-21-13/h7,9-13,18-19H,1-6H2/t7-,9-,10+,11-,12-,13+,14+,15+,16+/m1/s1. The molecular weight excluding hydrogens is 288 g/mol. The Morgan fingerprint density at radius 1 is 1.05 bits per heavy atom. The third-order valence-electron chi connectivity index (χ3n) is 7.58. The van der Waals surface area contributed by atoms with Crippen LogP contribution in [0, 0.1) is 17.8 Å². The maximum atomic E-state index is 12.6. The van der Waals surface area contributed by atoms with Gasteiger partial charge in [0.05, 0.1) is 36.4 Å². The lowest BCUT2D eigenvalue weighted by molar-refractivity contribution is -0.236. The fourth-order valence-corrected chi connectivity index (χ4v) is 6.82. The van der Waals surface area contributed by atoms with Gasteiger partial charge in [-0.25, -0.2) is 0 Å². The van der Waals surface area contributed by atoms with Crippen LogP contribution in [-0.2, 0) is 19.0 Å². The van der Waals surface area contributed by atoms with Gasteiger partial charge in [0, 0.05) is 44.1 Å². The summed E-state index contributed by atoms with van der Waals surface area (Å²) in [7, 11) is 0. The molecule has 1 spiro atoms. The molecule has 7 aliphatic rings. The van der Waals surface area contributed by atoms with Gasteiger partial charge in [-0.05, 0) is 0 Å². The molecule has 3 saturated heterocycles. The Bertz CT molecular complexity index is 593. The Kier molecular flexibility index (Phi) is 2.01. The van der Waals surface area contributed by atoms with Crippen LogP contribution in [0.15, 0.2) is 0 Å². The predicted molar refractivity (Wildman–Crippen MR) is 70.9 cm³/mol. The van der Waals surface area contributed by atoms with Gasteiger partial charge in [0.2, 0.25) is 0 Å². The van der Waals surface area contributed by atoms with Crippen LogP contribution < -0.4 is 0 Å². The Balaban J connectivity index is 1.60. The monoisotopic (exact) mass is 308 g/mol. The third kappa shape index (κ3) is 1.05. The van der Waals surface area contributed by atoms with E-state index >= 15 is 0 Å². The van der Waals surface area contributed by atoms with E-state index in [-0.39, 0.29) is 23.7 Å². The highest BCUT2D eigenvalue weighted by atomic mass is 16.6. The molecule has 2 N–H and O–H groups in total. The number of rotatable bonds is 0. The normalized spacial score (nSPS) is 67.5. The molecule has 4 aliphatic carbocycles. The van der Waals surface area contributed by atoms with Crippen molar-refractivity contribution in [3.05, 3.63) is 0 Å². The molecule has 22 heavy (non-hydrogen) atoms. The second-order valence-corrected chi connectivity index (χ2v) is 8.11. The first kappa shape index (κ1) is 12.8. The van der Waals surface area contributed by atoms with E-state index in [1.165, 1.54) is 0 Å². The van der Waals surface area contributed by atoms with Crippen molar-refractivity contribution in [2.24, 2.45) is 17.8 Å². The summed E-state index contributed by atoms with van der Waals surface area (Å²) in [5, 5.41) is 22.7. The van der Waals surface area contributed by atoms with Crippen molar-refractivity contribution in [1.82, 2.24) is 0 Å². The number of ketones is 1. The highest BCUT2D eigenvalue weighted by molar-refractivity contribution is 5.86. The third-order valence-corrected chi connectivity index (χ3v) is 7.58. The predicted octanol–water partition coefficient (Wildman–Crippen LogP) is -0.597. The van der Waals surface area contributed by atoms with E-state index in [0.717, 1.165) is 6.42 Å². The molecule has 6 heteroatoms. The Hall–Kier alpha value is -0.530. The summed E-state index contributed by atoms with van der Waals surface area (Å²) in [4.78, 5) is 12.6. The maximum Gasteiger partial charge on any atom is 0.141 e. The van der Waals surface area contributed by atoms with E-state index in [9.17, 15) is 15.0 Å². The van der Waals surface area contributed by atoms with Crippen LogP contribution in [0.2, 0.25) is 0 Å². The van der Waals surface area contributed by atoms with Crippen LogP contribution in [0.1, 0.15) is 25.7 Å². The fraction of sp³-hybridized carbons (Fsp3) is 0.938. The molecule has 0 aromatic carbocycles. The lowest BCUT2D eigenvalue weighted by Gasteiger charge is -2.60. The van der Waals surface area contributed by atoms with Gasteiger partial charge in [-0.1, -0.05) is 0 Å². The first-order chi connectivity index (χ1) is 10.5. The number of aliphatic hydroxyl groups is 2. The quantitative estimate of drug-likeness (QED) is 0.622. The first-order valence-corrected chi connectivity index (χ1v) is 8.39. The molecule has 7 fully saturated rings. The molecular formula is C16H20O6. The molecule has 3 heterocycles. The van der Waals surface area contributed by atoms with Crippen LogP contribution in [0.25, 0.3) is 0 Å². The molecule has 4 saturated carbocycles. The molecule has 4 bridgehead atoms. The molecule has 120 valence electrons. The molecule has 0 radical (unpaired) electrons. The minimum absolute atomic E-state index is 0.0296. The fourth-order valence-electron chi connectivity index (χ4n) is 6.82. The summed E-state index contributed by atoms with van der Waals surface area (Å²) in [6.07, 6.45) is 0.839. The number of hydrogen-bond acceptors (Lipinski definition) is 6. The summed E-state index contributed by atoms with van der Waals surface area (Å²) in [5.74, 6) is -0.628. The topological polar surface area (TPSA) is 85.2 Å². The van der Waals surface area contributed by atoms with Crippen molar-refractivity contribution in [2.75, 3.05) is 13.2 Å². The van der Waals surface area contributed by atoms with E-state index in [0.29, 0.717) is 32.5 Å². The molecule has 6 nitrogen and oxygen atoms in total. The summed E-state index contributed by atoms with van der Waals surface area (Å²) in [6.45, 7) is 1.05. The second kappa shape index (κ2) is 3.44. The number of carbonyl (C=O) groups is 1. The number of ether oxygens (including phenoxy) is 3. The van der Waals surface area contributed by atoms with Crippen LogP contribution in [0.5, 0.6) is 0 Å². The van der Waals surface area contributed by atoms with E-state index < -0.39 is 34.9 Å². The van der Waals surface area contributed by atoms with Crippen LogP contribution in [0.4, 0.5) is 0 Å². The minimum Gasteiger partial charge on any atom is -0.389 e. The van der Waals surface area contributed by atoms with Gasteiger partial charge in [0.1, 0.15) is 17.0 Å². The smallest absolute Gasteiger partial charge is 0.141 e. The van der Waals surface area contributed by atoms with Crippen LogP contribution in [-0.4, -0.2) is 64.3 Å². The number of Topliss-reactive ketones (excluding diaryl/α,β-unsaturated/α-hetero) is 1. The summed E-state index contributed by atoms with van der Waals surface area (Å²) in [6, 6.07) is 0. The van der Waals surface area contributed by atoms with Gasteiger partial charge in [0.25, 0.3) is 0 Å². The van der Waals surface area contributed by atoms with Crippen molar-refractivity contribution in [3.8, 4) is 0 Å². The zero-order valence-corrected chi connectivity index (χ0v) is 12.2. The first-order valence-electron chi connectivity index (χ1n) is 8.39. The number of hydrogen-bond donors (Lipinski definition) is 2. The Morgan fingerprint density at radius 3 is 2.73 bits per heavy atom. The number of fused-ring (bicyclic) bond motifs is 3. The van der Waals surface area contributed by atoms with Gasteiger partial charge in [-0.2, -0.15) is 0 Å². The zero-order valence-electron chi connectivity index (χ0n) is 12.2. The van der Waals surface area contributed by atoms with Gasteiger partial charge < -0.3 is 24.4 Å². The van der Waals surface area contributed by atoms with Gasteiger partial charge >= 0.3 is 0 Å². The lowest BCUT2D eigenvalue weighted by atomic mass is 9.45. The molecule has 0 aromatic rings.